The van der Waals surface area contributed by atoms with Gasteiger partial charge in [0.25, 0.3) is 0 Å². The lowest BCUT2D eigenvalue weighted by Gasteiger charge is -2.31. The molecule has 118 valence electrons. The van der Waals surface area contributed by atoms with Crippen molar-refractivity contribution in [3.05, 3.63) is 23.5 Å². The molecule has 0 bridgehead atoms. The van der Waals surface area contributed by atoms with E-state index in [4.69, 9.17) is 5.73 Å². The molecule has 1 aliphatic heterocycles. The molecule has 1 fully saturated rings. The van der Waals surface area contributed by atoms with E-state index in [1.54, 1.807) is 0 Å². The van der Waals surface area contributed by atoms with Crippen molar-refractivity contribution in [1.82, 2.24) is 9.62 Å². The average molecular weight is 315 g/mol. The first-order valence-electron chi connectivity index (χ1n) is 7.13. The quantitative estimate of drug-likeness (QED) is 0.825. The maximum absolute atomic E-state index is 13.7. The molecule has 1 heterocycles. The number of nitrogen functional groups attached to an aromatic ring is 1. The molecule has 0 saturated carbocycles. The van der Waals surface area contributed by atoms with Gasteiger partial charge in [0, 0.05) is 17.3 Å². The lowest BCUT2D eigenvalue weighted by Crippen LogP contribution is -2.44. The van der Waals surface area contributed by atoms with Crippen LogP contribution in [-0.4, -0.2) is 39.0 Å². The monoisotopic (exact) mass is 315 g/mol. The molecule has 1 aromatic rings. The van der Waals surface area contributed by atoms with Gasteiger partial charge in [0.1, 0.15) is 5.82 Å². The van der Waals surface area contributed by atoms with Crippen LogP contribution < -0.4 is 10.5 Å². The second-order valence-electron chi connectivity index (χ2n) is 5.45. The van der Waals surface area contributed by atoms with Crippen molar-refractivity contribution in [3.8, 4) is 0 Å². The lowest BCUT2D eigenvalue weighted by molar-refractivity contribution is 0.217. The van der Waals surface area contributed by atoms with Gasteiger partial charge < -0.3 is 10.6 Å². The SMILES string of the molecule is CCN1CCC(NS(=O)(=O)c2cc(N)c(C)c(F)c2)CC1. The number of nitrogens with two attached hydrogens (primary N) is 1. The molecule has 1 aromatic carbocycles. The van der Waals surface area contributed by atoms with Gasteiger partial charge in [-0.3, -0.25) is 0 Å². The zero-order chi connectivity index (χ0) is 15.6. The molecule has 0 aromatic heterocycles. The molecule has 5 nitrogen and oxygen atoms in total. The number of nitrogens with zero attached hydrogens (tertiary/aromatic N) is 1. The fourth-order valence-corrected chi connectivity index (χ4v) is 3.84. The van der Waals surface area contributed by atoms with Crippen molar-refractivity contribution in [2.24, 2.45) is 0 Å². The minimum absolute atomic E-state index is 0.108. The van der Waals surface area contributed by atoms with Crippen LogP contribution in [0.15, 0.2) is 17.0 Å². The Balaban J connectivity index is 2.12. The lowest BCUT2D eigenvalue weighted by atomic mass is 10.1. The Kier molecular flexibility index (Phi) is 4.85. The molecular formula is C14H22FN3O2S. The molecule has 2 rings (SSSR count). The molecule has 3 N–H and O–H groups in total. The summed E-state index contributed by atoms with van der Waals surface area (Å²) < 4.78 is 41.0. The fourth-order valence-electron chi connectivity index (χ4n) is 2.48. The minimum atomic E-state index is -3.73. The smallest absolute Gasteiger partial charge is 0.240 e. The number of anilines is 1. The van der Waals surface area contributed by atoms with E-state index in [0.717, 1.165) is 38.5 Å². The van der Waals surface area contributed by atoms with E-state index in [0.29, 0.717) is 0 Å². The largest absolute Gasteiger partial charge is 0.398 e. The Labute approximate surface area is 125 Å². The molecule has 0 unspecified atom stereocenters. The first kappa shape index (κ1) is 16.2. The maximum atomic E-state index is 13.7. The van der Waals surface area contributed by atoms with Gasteiger partial charge in [-0.05, 0) is 51.5 Å². The third kappa shape index (κ3) is 3.72. The molecule has 7 heteroatoms. The molecule has 0 spiro atoms. The zero-order valence-electron chi connectivity index (χ0n) is 12.4. The topological polar surface area (TPSA) is 75.4 Å². The van der Waals surface area contributed by atoms with E-state index in [1.807, 2.05) is 0 Å². The van der Waals surface area contributed by atoms with Crippen molar-refractivity contribution in [3.63, 3.8) is 0 Å². The van der Waals surface area contributed by atoms with Crippen molar-refractivity contribution in [1.29, 1.82) is 0 Å². The molecule has 1 saturated heterocycles. The Morgan fingerprint density at radius 3 is 2.52 bits per heavy atom. The molecule has 21 heavy (non-hydrogen) atoms. The van der Waals surface area contributed by atoms with Gasteiger partial charge in [-0.1, -0.05) is 6.92 Å². The van der Waals surface area contributed by atoms with Crippen LogP contribution in [0.3, 0.4) is 0 Å². The van der Waals surface area contributed by atoms with E-state index in [-0.39, 0.29) is 22.2 Å². The summed E-state index contributed by atoms with van der Waals surface area (Å²) >= 11 is 0. The maximum Gasteiger partial charge on any atom is 0.240 e. The molecular weight excluding hydrogens is 293 g/mol. The van der Waals surface area contributed by atoms with Gasteiger partial charge in [-0.25, -0.2) is 17.5 Å². The summed E-state index contributed by atoms with van der Waals surface area (Å²) in [6.45, 7) is 6.32. The first-order valence-corrected chi connectivity index (χ1v) is 8.62. The normalized spacial score (nSPS) is 18.0. The Morgan fingerprint density at radius 2 is 2.00 bits per heavy atom. The molecule has 0 aliphatic carbocycles. The number of halogens is 1. The second kappa shape index (κ2) is 6.29. The summed E-state index contributed by atoms with van der Waals surface area (Å²) in [5, 5.41) is 0. The average Bonchev–Trinajstić information content (AvgIpc) is 2.44. The number of sulfonamides is 1. The van der Waals surface area contributed by atoms with E-state index in [9.17, 15) is 12.8 Å². The number of nitrogens with one attached hydrogen (secondary N) is 1. The van der Waals surface area contributed by atoms with E-state index in [2.05, 4.69) is 16.5 Å². The zero-order valence-corrected chi connectivity index (χ0v) is 13.2. The number of benzene rings is 1. The highest BCUT2D eigenvalue weighted by Gasteiger charge is 2.25. The highest BCUT2D eigenvalue weighted by Crippen LogP contribution is 2.22. The number of likely N-dealkylation sites (tertiary alicyclic amines) is 1. The Hall–Kier alpha value is -1.18. The van der Waals surface area contributed by atoms with Crippen LogP contribution >= 0.6 is 0 Å². The summed E-state index contributed by atoms with van der Waals surface area (Å²) in [5.41, 5.74) is 6.07. The van der Waals surface area contributed by atoms with Crippen LogP contribution in [0.4, 0.5) is 10.1 Å². The van der Waals surface area contributed by atoms with E-state index >= 15 is 0 Å². The summed E-state index contributed by atoms with van der Waals surface area (Å²) in [6.07, 6.45) is 1.52. The fraction of sp³-hybridized carbons (Fsp3) is 0.571. The number of piperidine rings is 1. The minimum Gasteiger partial charge on any atom is -0.398 e. The van der Waals surface area contributed by atoms with E-state index in [1.165, 1.54) is 13.0 Å². The van der Waals surface area contributed by atoms with Crippen LogP contribution in [0.1, 0.15) is 25.3 Å². The predicted molar refractivity (Wildman–Crippen MR) is 81.0 cm³/mol. The third-order valence-corrected chi connectivity index (χ3v) is 5.52. The van der Waals surface area contributed by atoms with Crippen molar-refractivity contribution < 1.29 is 12.8 Å². The van der Waals surface area contributed by atoms with Crippen LogP contribution in [0, 0.1) is 12.7 Å². The van der Waals surface area contributed by atoms with Crippen molar-refractivity contribution in [2.45, 2.75) is 37.6 Å². The first-order chi connectivity index (χ1) is 9.83. The molecule has 0 radical (unpaired) electrons. The van der Waals surface area contributed by atoms with Crippen LogP contribution in [0.25, 0.3) is 0 Å². The van der Waals surface area contributed by atoms with Gasteiger partial charge in [0.2, 0.25) is 10.0 Å². The van der Waals surface area contributed by atoms with Crippen LogP contribution in [-0.2, 0) is 10.0 Å². The van der Waals surface area contributed by atoms with E-state index < -0.39 is 15.8 Å². The number of rotatable bonds is 4. The highest BCUT2D eigenvalue weighted by molar-refractivity contribution is 7.89. The third-order valence-electron chi connectivity index (χ3n) is 4.02. The number of hydrogen-bond acceptors (Lipinski definition) is 4. The highest BCUT2D eigenvalue weighted by atomic mass is 32.2. The Bertz CT molecular complexity index is 588. The molecule has 1 aliphatic rings. The standard InChI is InChI=1S/C14H22FN3O2S/c1-3-18-6-4-11(5-7-18)17-21(19,20)12-8-13(15)10(2)14(16)9-12/h8-9,11,17H,3-7,16H2,1-2H3. The van der Waals surface area contributed by atoms with Gasteiger partial charge in [-0.2, -0.15) is 0 Å². The van der Waals surface area contributed by atoms with Gasteiger partial charge >= 0.3 is 0 Å². The van der Waals surface area contributed by atoms with Crippen LogP contribution in [0.5, 0.6) is 0 Å². The summed E-state index contributed by atoms with van der Waals surface area (Å²) in [7, 11) is -3.73. The Morgan fingerprint density at radius 1 is 1.38 bits per heavy atom. The second-order valence-corrected chi connectivity index (χ2v) is 7.16. The van der Waals surface area contributed by atoms with Gasteiger partial charge in [0.05, 0.1) is 4.90 Å². The summed E-state index contributed by atoms with van der Waals surface area (Å²) in [6, 6.07) is 2.22. The van der Waals surface area contributed by atoms with Crippen molar-refractivity contribution >= 4 is 15.7 Å². The van der Waals surface area contributed by atoms with Crippen LogP contribution in [0.2, 0.25) is 0 Å². The summed E-state index contributed by atoms with van der Waals surface area (Å²) in [5.74, 6) is -0.601. The predicted octanol–water partition coefficient (Wildman–Crippen LogP) is 1.48. The van der Waals surface area contributed by atoms with Gasteiger partial charge in [0.15, 0.2) is 0 Å². The van der Waals surface area contributed by atoms with Gasteiger partial charge in [-0.15, -0.1) is 0 Å². The number of hydrogen-bond donors (Lipinski definition) is 2. The van der Waals surface area contributed by atoms with Crippen molar-refractivity contribution in [2.75, 3.05) is 25.4 Å². The molecule has 0 amide bonds. The summed E-state index contributed by atoms with van der Waals surface area (Å²) in [4.78, 5) is 2.16. The molecule has 0 atom stereocenters.